The van der Waals surface area contributed by atoms with Crippen molar-refractivity contribution in [1.82, 2.24) is 4.31 Å². The van der Waals surface area contributed by atoms with Crippen molar-refractivity contribution in [3.05, 3.63) is 65.7 Å². The van der Waals surface area contributed by atoms with E-state index in [-0.39, 0.29) is 0 Å². The molecule has 0 spiro atoms. The van der Waals surface area contributed by atoms with Gasteiger partial charge in [-0.25, -0.2) is 0 Å². The van der Waals surface area contributed by atoms with Crippen molar-refractivity contribution < 1.29 is 5.11 Å². The maximum atomic E-state index is 10.5. The highest BCUT2D eigenvalue weighted by molar-refractivity contribution is 7.97. The fraction of sp³-hybridized carbons (Fsp3) is 0.200. The Morgan fingerprint density at radius 2 is 1.56 bits per heavy atom. The fourth-order valence-electron chi connectivity index (χ4n) is 1.80. The van der Waals surface area contributed by atoms with E-state index in [4.69, 9.17) is 0 Å². The van der Waals surface area contributed by atoms with E-state index in [0.717, 1.165) is 16.0 Å². The molecule has 0 saturated heterocycles. The first-order chi connectivity index (χ1) is 8.68. The SMILES string of the molecule is CN(C)Sc1ccccc1C(O)c1ccccc1. The van der Waals surface area contributed by atoms with E-state index in [1.807, 2.05) is 73.0 Å². The summed E-state index contributed by atoms with van der Waals surface area (Å²) in [5.74, 6) is 0. The van der Waals surface area contributed by atoms with Gasteiger partial charge in [0.1, 0.15) is 6.10 Å². The van der Waals surface area contributed by atoms with Crippen LogP contribution in [0.15, 0.2) is 59.5 Å². The van der Waals surface area contributed by atoms with Gasteiger partial charge in [0.25, 0.3) is 0 Å². The van der Waals surface area contributed by atoms with E-state index in [9.17, 15) is 5.11 Å². The Labute approximate surface area is 112 Å². The van der Waals surface area contributed by atoms with Crippen LogP contribution >= 0.6 is 11.9 Å². The lowest BCUT2D eigenvalue weighted by Crippen LogP contribution is -2.05. The van der Waals surface area contributed by atoms with E-state index >= 15 is 0 Å². The molecular formula is C15H17NOS. The predicted octanol–water partition coefficient (Wildman–Crippen LogP) is 3.34. The quantitative estimate of drug-likeness (QED) is 0.852. The number of benzene rings is 2. The first-order valence-electron chi connectivity index (χ1n) is 5.85. The molecule has 0 radical (unpaired) electrons. The number of rotatable bonds is 4. The number of aliphatic hydroxyl groups is 1. The topological polar surface area (TPSA) is 23.5 Å². The van der Waals surface area contributed by atoms with Gasteiger partial charge in [-0.15, -0.1) is 0 Å². The Bertz CT molecular complexity index is 499. The van der Waals surface area contributed by atoms with Crippen LogP contribution in [-0.2, 0) is 0 Å². The van der Waals surface area contributed by atoms with Gasteiger partial charge in [-0.05, 0) is 43.2 Å². The summed E-state index contributed by atoms with van der Waals surface area (Å²) in [5.41, 5.74) is 1.87. The van der Waals surface area contributed by atoms with Gasteiger partial charge >= 0.3 is 0 Å². The van der Waals surface area contributed by atoms with Crippen molar-refractivity contribution in [2.24, 2.45) is 0 Å². The molecule has 2 nitrogen and oxygen atoms in total. The molecule has 0 amide bonds. The van der Waals surface area contributed by atoms with Crippen LogP contribution < -0.4 is 0 Å². The summed E-state index contributed by atoms with van der Waals surface area (Å²) in [6.07, 6.45) is -0.574. The van der Waals surface area contributed by atoms with Crippen molar-refractivity contribution in [3.63, 3.8) is 0 Å². The van der Waals surface area contributed by atoms with Gasteiger partial charge in [-0.2, -0.15) is 0 Å². The average molecular weight is 259 g/mol. The second kappa shape index (κ2) is 6.05. The summed E-state index contributed by atoms with van der Waals surface area (Å²) in [6.45, 7) is 0. The van der Waals surface area contributed by atoms with Crippen molar-refractivity contribution in [1.29, 1.82) is 0 Å². The van der Waals surface area contributed by atoms with Gasteiger partial charge in [0.2, 0.25) is 0 Å². The molecular weight excluding hydrogens is 242 g/mol. The molecule has 0 saturated carbocycles. The summed E-state index contributed by atoms with van der Waals surface area (Å²) in [6, 6.07) is 17.7. The Morgan fingerprint density at radius 3 is 2.22 bits per heavy atom. The minimum Gasteiger partial charge on any atom is -0.384 e. The highest BCUT2D eigenvalue weighted by Gasteiger charge is 2.14. The molecule has 0 aliphatic rings. The maximum Gasteiger partial charge on any atom is 0.105 e. The highest BCUT2D eigenvalue weighted by Crippen LogP contribution is 2.31. The highest BCUT2D eigenvalue weighted by atomic mass is 32.2. The molecule has 18 heavy (non-hydrogen) atoms. The van der Waals surface area contributed by atoms with Crippen LogP contribution in [0.25, 0.3) is 0 Å². The smallest absolute Gasteiger partial charge is 0.105 e. The molecule has 1 atom stereocenters. The van der Waals surface area contributed by atoms with Crippen molar-refractivity contribution in [2.45, 2.75) is 11.0 Å². The van der Waals surface area contributed by atoms with Gasteiger partial charge < -0.3 is 5.11 Å². The summed E-state index contributed by atoms with van der Waals surface area (Å²) >= 11 is 1.62. The molecule has 0 aliphatic heterocycles. The van der Waals surface area contributed by atoms with Gasteiger partial charge in [0.05, 0.1) is 0 Å². The Balaban J connectivity index is 2.33. The summed E-state index contributed by atoms with van der Waals surface area (Å²) in [4.78, 5) is 1.08. The summed E-state index contributed by atoms with van der Waals surface area (Å²) in [7, 11) is 3.99. The standard InChI is InChI=1S/C15H17NOS/c1-16(2)18-14-11-7-6-10-13(14)15(17)12-8-4-3-5-9-12/h3-11,15,17H,1-2H3. The predicted molar refractivity (Wildman–Crippen MR) is 76.5 cm³/mol. The second-order valence-electron chi connectivity index (χ2n) is 4.25. The summed E-state index contributed by atoms with van der Waals surface area (Å²) < 4.78 is 2.02. The lowest BCUT2D eigenvalue weighted by Gasteiger charge is -2.17. The Morgan fingerprint density at radius 1 is 0.944 bits per heavy atom. The molecule has 3 heteroatoms. The van der Waals surface area contributed by atoms with E-state index < -0.39 is 6.10 Å². The zero-order valence-corrected chi connectivity index (χ0v) is 11.4. The van der Waals surface area contributed by atoms with Crippen molar-refractivity contribution in [2.75, 3.05) is 14.1 Å². The molecule has 0 aliphatic carbocycles. The number of nitrogens with zero attached hydrogens (tertiary/aromatic N) is 1. The first-order valence-corrected chi connectivity index (χ1v) is 6.63. The van der Waals surface area contributed by atoms with Crippen LogP contribution in [0.1, 0.15) is 17.2 Å². The number of aliphatic hydroxyl groups excluding tert-OH is 1. The lowest BCUT2D eigenvalue weighted by molar-refractivity contribution is 0.217. The third kappa shape index (κ3) is 3.13. The molecule has 2 rings (SSSR count). The zero-order chi connectivity index (χ0) is 13.0. The zero-order valence-electron chi connectivity index (χ0n) is 10.6. The van der Waals surface area contributed by atoms with Crippen LogP contribution in [0.2, 0.25) is 0 Å². The van der Waals surface area contributed by atoms with Gasteiger partial charge in [0.15, 0.2) is 0 Å². The Kier molecular flexibility index (Phi) is 4.42. The lowest BCUT2D eigenvalue weighted by atomic mass is 10.0. The number of hydrogen-bond acceptors (Lipinski definition) is 3. The molecule has 0 bridgehead atoms. The van der Waals surface area contributed by atoms with Crippen LogP contribution in [0, 0.1) is 0 Å². The van der Waals surface area contributed by atoms with E-state index in [2.05, 4.69) is 0 Å². The molecule has 0 fully saturated rings. The third-order valence-corrected chi connectivity index (χ3v) is 3.54. The molecule has 2 aromatic carbocycles. The Hall–Kier alpha value is -1.29. The maximum absolute atomic E-state index is 10.5. The van der Waals surface area contributed by atoms with Gasteiger partial charge in [-0.3, -0.25) is 4.31 Å². The molecule has 0 heterocycles. The average Bonchev–Trinajstić information content (AvgIpc) is 2.39. The minimum absolute atomic E-state index is 0.574. The van der Waals surface area contributed by atoms with Crippen molar-refractivity contribution >= 4 is 11.9 Å². The minimum atomic E-state index is -0.574. The van der Waals surface area contributed by atoms with E-state index in [1.165, 1.54) is 0 Å². The largest absolute Gasteiger partial charge is 0.384 e. The van der Waals surface area contributed by atoms with E-state index in [1.54, 1.807) is 11.9 Å². The molecule has 0 aromatic heterocycles. The van der Waals surface area contributed by atoms with Gasteiger partial charge in [0, 0.05) is 4.90 Å². The first kappa shape index (κ1) is 13.1. The van der Waals surface area contributed by atoms with E-state index in [0.29, 0.717) is 0 Å². The molecule has 1 unspecified atom stereocenters. The molecule has 1 N–H and O–H groups in total. The third-order valence-electron chi connectivity index (χ3n) is 2.61. The molecule has 94 valence electrons. The van der Waals surface area contributed by atoms with Gasteiger partial charge in [-0.1, -0.05) is 48.5 Å². The fourth-order valence-corrected chi connectivity index (χ4v) is 2.62. The number of hydrogen-bond donors (Lipinski definition) is 1. The van der Waals surface area contributed by atoms with Crippen LogP contribution in [-0.4, -0.2) is 23.5 Å². The van der Waals surface area contributed by atoms with Crippen LogP contribution in [0.3, 0.4) is 0 Å². The summed E-state index contributed by atoms with van der Waals surface area (Å²) in [5, 5.41) is 10.5. The van der Waals surface area contributed by atoms with Crippen LogP contribution in [0.4, 0.5) is 0 Å². The van der Waals surface area contributed by atoms with Crippen molar-refractivity contribution in [3.8, 4) is 0 Å². The molecule has 2 aromatic rings. The monoisotopic (exact) mass is 259 g/mol. The van der Waals surface area contributed by atoms with Crippen LogP contribution in [0.5, 0.6) is 0 Å². The normalized spacial score (nSPS) is 12.7. The second-order valence-corrected chi connectivity index (χ2v) is 5.61.